The van der Waals surface area contributed by atoms with Crippen LogP contribution < -0.4 is 0 Å². The van der Waals surface area contributed by atoms with Crippen LogP contribution in [0.3, 0.4) is 0 Å². The second-order valence-corrected chi connectivity index (χ2v) is 9.95. The van der Waals surface area contributed by atoms with E-state index in [2.05, 4.69) is 9.55 Å². The minimum Gasteiger partial charge on any atom is -0.345 e. The van der Waals surface area contributed by atoms with E-state index in [-0.39, 0.29) is 16.4 Å². The van der Waals surface area contributed by atoms with E-state index in [0.29, 0.717) is 24.2 Å². The summed E-state index contributed by atoms with van der Waals surface area (Å²) in [5.74, 6) is 0.357. The van der Waals surface area contributed by atoms with Gasteiger partial charge in [-0.2, -0.15) is 4.31 Å². The first kappa shape index (κ1) is 21.1. The summed E-state index contributed by atoms with van der Waals surface area (Å²) in [7, 11) is -3.51. The largest absolute Gasteiger partial charge is 0.345 e. The standard InChI is InChI=1S/C20H27N3O3S2/c1-5-22(6-2)28(25,26)17-9-10-20(21-12-17)27-13-19(24)18-11-14(3)23(15(18)4)16-7-8-16/h9-12,16H,5-8,13H2,1-4H3. The Morgan fingerprint density at radius 2 is 1.93 bits per heavy atom. The highest BCUT2D eigenvalue weighted by atomic mass is 32.2. The summed E-state index contributed by atoms with van der Waals surface area (Å²) in [6.45, 7) is 8.52. The van der Waals surface area contributed by atoms with Crippen molar-refractivity contribution in [3.8, 4) is 0 Å². The van der Waals surface area contributed by atoms with Crippen molar-refractivity contribution < 1.29 is 13.2 Å². The fourth-order valence-electron chi connectivity index (χ4n) is 3.49. The molecule has 1 saturated carbocycles. The van der Waals surface area contributed by atoms with Gasteiger partial charge in [0, 0.05) is 42.3 Å². The minimum atomic E-state index is -3.51. The summed E-state index contributed by atoms with van der Waals surface area (Å²) in [5, 5.41) is 0.642. The Morgan fingerprint density at radius 3 is 2.46 bits per heavy atom. The molecule has 152 valence electrons. The molecule has 0 aromatic carbocycles. The molecule has 28 heavy (non-hydrogen) atoms. The number of carbonyl (C=O) groups excluding carboxylic acids is 1. The fourth-order valence-corrected chi connectivity index (χ4v) is 5.62. The van der Waals surface area contributed by atoms with Gasteiger partial charge in [0.1, 0.15) is 4.90 Å². The third kappa shape index (κ3) is 4.18. The summed E-state index contributed by atoms with van der Waals surface area (Å²) in [6.07, 6.45) is 3.75. The number of carbonyl (C=O) groups is 1. The Kier molecular flexibility index (Phi) is 6.31. The van der Waals surface area contributed by atoms with Crippen LogP contribution in [-0.4, -0.2) is 46.9 Å². The van der Waals surface area contributed by atoms with Crippen LogP contribution in [0.1, 0.15) is 54.5 Å². The lowest BCUT2D eigenvalue weighted by molar-refractivity contribution is 0.102. The quantitative estimate of drug-likeness (QED) is 0.454. The van der Waals surface area contributed by atoms with Gasteiger partial charge >= 0.3 is 0 Å². The van der Waals surface area contributed by atoms with Gasteiger partial charge in [0.15, 0.2) is 5.78 Å². The van der Waals surface area contributed by atoms with E-state index in [1.165, 1.54) is 35.1 Å². The molecule has 1 aliphatic carbocycles. The molecule has 1 fully saturated rings. The molecule has 8 heteroatoms. The van der Waals surface area contributed by atoms with Crippen molar-refractivity contribution in [2.45, 2.75) is 56.5 Å². The molecule has 0 amide bonds. The van der Waals surface area contributed by atoms with Crippen molar-refractivity contribution in [3.63, 3.8) is 0 Å². The maximum absolute atomic E-state index is 12.7. The minimum absolute atomic E-state index is 0.0756. The number of Topliss-reactive ketones (excluding diaryl/α,β-unsaturated/α-hetero) is 1. The monoisotopic (exact) mass is 421 g/mol. The first-order chi connectivity index (χ1) is 13.3. The molecule has 3 rings (SSSR count). The molecule has 0 bridgehead atoms. The van der Waals surface area contributed by atoms with Crippen LogP contribution in [-0.2, 0) is 10.0 Å². The van der Waals surface area contributed by atoms with E-state index >= 15 is 0 Å². The van der Waals surface area contributed by atoms with Crippen LogP contribution in [0, 0.1) is 13.8 Å². The zero-order valence-electron chi connectivity index (χ0n) is 16.8. The highest BCUT2D eigenvalue weighted by molar-refractivity contribution is 7.99. The zero-order valence-corrected chi connectivity index (χ0v) is 18.4. The Bertz CT molecular complexity index is 957. The molecule has 0 unspecified atom stereocenters. The number of thioether (sulfide) groups is 1. The van der Waals surface area contributed by atoms with E-state index in [4.69, 9.17) is 0 Å². The molecular weight excluding hydrogens is 394 g/mol. The second kappa shape index (κ2) is 8.39. The maximum Gasteiger partial charge on any atom is 0.244 e. The Balaban J connectivity index is 1.67. The molecule has 0 saturated heterocycles. The average Bonchev–Trinajstić information content (AvgIpc) is 3.45. The van der Waals surface area contributed by atoms with Crippen LogP contribution in [0.5, 0.6) is 0 Å². The van der Waals surface area contributed by atoms with Crippen LogP contribution in [0.2, 0.25) is 0 Å². The normalized spacial score (nSPS) is 14.6. The summed E-state index contributed by atoms with van der Waals surface area (Å²) in [4.78, 5) is 17.1. The molecule has 0 aliphatic heterocycles. The predicted molar refractivity (Wildman–Crippen MR) is 112 cm³/mol. The maximum atomic E-state index is 12.7. The van der Waals surface area contributed by atoms with Gasteiger partial charge in [0.25, 0.3) is 0 Å². The number of sulfonamides is 1. The number of nitrogens with zero attached hydrogens (tertiary/aromatic N) is 3. The van der Waals surface area contributed by atoms with Crippen molar-refractivity contribution in [2.75, 3.05) is 18.8 Å². The highest BCUT2D eigenvalue weighted by Crippen LogP contribution is 2.38. The van der Waals surface area contributed by atoms with Crippen molar-refractivity contribution in [1.82, 2.24) is 13.9 Å². The SMILES string of the molecule is CCN(CC)S(=O)(=O)c1ccc(SCC(=O)c2cc(C)n(C3CC3)c2C)nc1. The lowest BCUT2D eigenvalue weighted by atomic mass is 10.2. The van der Waals surface area contributed by atoms with Crippen molar-refractivity contribution in [2.24, 2.45) is 0 Å². The lowest BCUT2D eigenvalue weighted by Crippen LogP contribution is -2.30. The summed E-state index contributed by atoms with van der Waals surface area (Å²) in [5.41, 5.74) is 2.95. The summed E-state index contributed by atoms with van der Waals surface area (Å²) < 4.78 is 28.7. The number of aromatic nitrogens is 2. The topological polar surface area (TPSA) is 72.3 Å². The number of aryl methyl sites for hydroxylation is 1. The first-order valence-electron chi connectivity index (χ1n) is 9.60. The van der Waals surface area contributed by atoms with Crippen LogP contribution >= 0.6 is 11.8 Å². The fraction of sp³-hybridized carbons (Fsp3) is 0.500. The van der Waals surface area contributed by atoms with E-state index < -0.39 is 10.0 Å². The lowest BCUT2D eigenvalue weighted by Gasteiger charge is -2.18. The number of rotatable bonds is 9. The Hall–Kier alpha value is -1.64. The molecule has 2 aromatic rings. The Morgan fingerprint density at radius 1 is 1.25 bits per heavy atom. The second-order valence-electron chi connectivity index (χ2n) is 7.02. The molecule has 1 aliphatic rings. The molecular formula is C20H27N3O3S2. The average molecular weight is 422 g/mol. The molecule has 0 spiro atoms. The van der Waals surface area contributed by atoms with Gasteiger partial charge in [-0.1, -0.05) is 25.6 Å². The van der Waals surface area contributed by atoms with Gasteiger partial charge in [-0.05, 0) is 44.9 Å². The number of hydrogen-bond acceptors (Lipinski definition) is 5. The van der Waals surface area contributed by atoms with E-state index in [0.717, 1.165) is 17.0 Å². The van der Waals surface area contributed by atoms with Crippen LogP contribution in [0.25, 0.3) is 0 Å². The van der Waals surface area contributed by atoms with Gasteiger partial charge in [0.2, 0.25) is 10.0 Å². The van der Waals surface area contributed by atoms with Gasteiger partial charge < -0.3 is 4.57 Å². The zero-order chi connectivity index (χ0) is 20.5. The highest BCUT2D eigenvalue weighted by Gasteiger charge is 2.28. The summed E-state index contributed by atoms with van der Waals surface area (Å²) in [6, 6.07) is 5.76. The van der Waals surface area contributed by atoms with Crippen molar-refractivity contribution >= 4 is 27.6 Å². The van der Waals surface area contributed by atoms with Gasteiger partial charge in [-0.15, -0.1) is 0 Å². The predicted octanol–water partition coefficient (Wildman–Crippen LogP) is 3.84. The number of pyridine rings is 1. The third-order valence-electron chi connectivity index (χ3n) is 5.10. The van der Waals surface area contributed by atoms with E-state index in [1.807, 2.05) is 33.8 Å². The molecule has 2 aromatic heterocycles. The first-order valence-corrected chi connectivity index (χ1v) is 12.0. The molecule has 6 nitrogen and oxygen atoms in total. The van der Waals surface area contributed by atoms with E-state index in [9.17, 15) is 13.2 Å². The number of ketones is 1. The summed E-state index contributed by atoms with van der Waals surface area (Å²) >= 11 is 1.33. The van der Waals surface area contributed by atoms with Crippen LogP contribution in [0.15, 0.2) is 34.3 Å². The molecule has 0 atom stereocenters. The van der Waals surface area contributed by atoms with Crippen molar-refractivity contribution in [3.05, 3.63) is 41.3 Å². The third-order valence-corrected chi connectivity index (χ3v) is 8.08. The van der Waals surface area contributed by atoms with Crippen LogP contribution in [0.4, 0.5) is 0 Å². The molecule has 0 radical (unpaired) electrons. The smallest absolute Gasteiger partial charge is 0.244 e. The number of hydrogen-bond donors (Lipinski definition) is 0. The molecule has 2 heterocycles. The van der Waals surface area contributed by atoms with Gasteiger partial charge in [0.05, 0.1) is 10.8 Å². The Labute approximate surface area is 171 Å². The molecule has 0 N–H and O–H groups in total. The van der Waals surface area contributed by atoms with Gasteiger partial charge in [-0.25, -0.2) is 13.4 Å². The van der Waals surface area contributed by atoms with Crippen molar-refractivity contribution in [1.29, 1.82) is 0 Å². The van der Waals surface area contributed by atoms with Gasteiger partial charge in [-0.3, -0.25) is 4.79 Å². The van der Waals surface area contributed by atoms with E-state index in [1.54, 1.807) is 12.1 Å².